The van der Waals surface area contributed by atoms with E-state index >= 15 is 0 Å². The second kappa shape index (κ2) is 11.2. The molecule has 1 fully saturated rings. The van der Waals surface area contributed by atoms with E-state index in [0.717, 1.165) is 0 Å². The van der Waals surface area contributed by atoms with Crippen molar-refractivity contribution in [1.82, 2.24) is 0 Å². The highest BCUT2D eigenvalue weighted by molar-refractivity contribution is 6.74. The molecule has 0 radical (unpaired) electrons. The van der Waals surface area contributed by atoms with Crippen LogP contribution in [0, 0.1) is 23.7 Å². The van der Waals surface area contributed by atoms with Crippen LogP contribution in [-0.4, -0.2) is 64.5 Å². The molecule has 1 aliphatic rings. The first-order valence-corrected chi connectivity index (χ1v) is 18.8. The molecule has 0 bridgehead atoms. The monoisotopic (exact) mass is 516 g/mol. The van der Waals surface area contributed by atoms with E-state index in [-0.39, 0.29) is 46.5 Å². The summed E-state index contributed by atoms with van der Waals surface area (Å²) in [5.74, 6) is -0.230. The molecule has 202 valence electrons. The SMILES string of the molecule is C=C[C@@H](CO[Si](C)(C)C(C)(C)C)[C@@H](O)[C@H](CO[Si](C)(C)C(C)(C)C)[C@H](C)[C@@]1(C)O[C@@H]1[C@@H](C)CO. The summed E-state index contributed by atoms with van der Waals surface area (Å²) in [5, 5.41) is 21.6. The van der Waals surface area contributed by atoms with Crippen molar-refractivity contribution >= 4 is 16.6 Å². The van der Waals surface area contributed by atoms with Gasteiger partial charge in [-0.1, -0.05) is 61.5 Å². The second-order valence-corrected chi connectivity index (χ2v) is 23.5. The zero-order valence-corrected chi connectivity index (χ0v) is 26.5. The first-order chi connectivity index (χ1) is 15.2. The largest absolute Gasteiger partial charge is 0.416 e. The predicted molar refractivity (Wildman–Crippen MR) is 148 cm³/mol. The van der Waals surface area contributed by atoms with Crippen LogP contribution in [0.25, 0.3) is 0 Å². The molecule has 0 saturated carbocycles. The van der Waals surface area contributed by atoms with E-state index in [4.69, 9.17) is 13.6 Å². The third-order valence-corrected chi connectivity index (χ3v) is 18.3. The minimum Gasteiger partial charge on any atom is -0.416 e. The van der Waals surface area contributed by atoms with Gasteiger partial charge in [0.05, 0.1) is 17.8 Å². The van der Waals surface area contributed by atoms with Crippen LogP contribution in [0.1, 0.15) is 62.3 Å². The van der Waals surface area contributed by atoms with Gasteiger partial charge < -0.3 is 23.8 Å². The Hall–Kier alpha value is -0.0262. The lowest BCUT2D eigenvalue weighted by Gasteiger charge is -2.41. The quantitative estimate of drug-likeness (QED) is 0.172. The molecular formula is C27H56O5Si2. The maximum absolute atomic E-state index is 11.7. The zero-order valence-electron chi connectivity index (χ0n) is 24.5. The Balaban J connectivity index is 3.16. The second-order valence-electron chi connectivity index (χ2n) is 13.9. The fourth-order valence-electron chi connectivity index (χ4n) is 4.01. The van der Waals surface area contributed by atoms with Gasteiger partial charge in [0.25, 0.3) is 0 Å². The molecule has 0 unspecified atom stereocenters. The number of aliphatic hydroxyl groups is 2. The molecule has 1 aliphatic heterocycles. The first-order valence-electron chi connectivity index (χ1n) is 13.0. The number of hydrogen-bond donors (Lipinski definition) is 2. The number of epoxide rings is 1. The van der Waals surface area contributed by atoms with E-state index in [2.05, 4.69) is 88.2 Å². The Morgan fingerprint density at radius 2 is 1.41 bits per heavy atom. The summed E-state index contributed by atoms with van der Waals surface area (Å²) in [4.78, 5) is 0. The van der Waals surface area contributed by atoms with Gasteiger partial charge in [0.1, 0.15) is 0 Å². The Morgan fingerprint density at radius 3 is 1.79 bits per heavy atom. The van der Waals surface area contributed by atoms with Crippen LogP contribution >= 0.6 is 0 Å². The van der Waals surface area contributed by atoms with E-state index in [9.17, 15) is 10.2 Å². The summed E-state index contributed by atoms with van der Waals surface area (Å²) in [6.45, 7) is 33.7. The summed E-state index contributed by atoms with van der Waals surface area (Å²) in [6.07, 6.45) is 1.17. The molecule has 0 aromatic rings. The van der Waals surface area contributed by atoms with Crippen molar-refractivity contribution in [2.75, 3.05) is 19.8 Å². The van der Waals surface area contributed by atoms with Crippen LogP contribution in [0.3, 0.4) is 0 Å². The van der Waals surface area contributed by atoms with Crippen molar-refractivity contribution in [2.45, 2.75) is 116 Å². The van der Waals surface area contributed by atoms with Crippen LogP contribution in [0.5, 0.6) is 0 Å². The zero-order chi connectivity index (χ0) is 26.9. The van der Waals surface area contributed by atoms with Gasteiger partial charge in [-0.25, -0.2) is 0 Å². The van der Waals surface area contributed by atoms with Gasteiger partial charge in [0, 0.05) is 37.6 Å². The fourth-order valence-corrected chi connectivity index (χ4v) is 6.10. The summed E-state index contributed by atoms with van der Waals surface area (Å²) < 4.78 is 19.3. The van der Waals surface area contributed by atoms with Gasteiger partial charge in [0.2, 0.25) is 0 Å². The van der Waals surface area contributed by atoms with Gasteiger partial charge in [-0.3, -0.25) is 0 Å². The summed E-state index contributed by atoms with van der Waals surface area (Å²) in [5.41, 5.74) is -0.392. The average Bonchev–Trinajstić information content (AvgIpc) is 3.39. The van der Waals surface area contributed by atoms with E-state index in [0.29, 0.717) is 13.2 Å². The highest BCUT2D eigenvalue weighted by atomic mass is 28.4. The van der Waals surface area contributed by atoms with Crippen molar-refractivity contribution in [3.63, 3.8) is 0 Å². The molecule has 7 atom stereocenters. The minimum atomic E-state index is -2.00. The van der Waals surface area contributed by atoms with Crippen LogP contribution in [-0.2, 0) is 13.6 Å². The Kier molecular flexibility index (Phi) is 10.5. The average molecular weight is 517 g/mol. The highest BCUT2D eigenvalue weighted by Crippen LogP contribution is 2.50. The van der Waals surface area contributed by atoms with Crippen LogP contribution in [0.4, 0.5) is 0 Å². The van der Waals surface area contributed by atoms with Crippen LogP contribution in [0.2, 0.25) is 36.3 Å². The van der Waals surface area contributed by atoms with Gasteiger partial charge in [-0.05, 0) is 49.1 Å². The van der Waals surface area contributed by atoms with E-state index in [1.54, 1.807) is 0 Å². The predicted octanol–water partition coefficient (Wildman–Crippen LogP) is 6.23. The van der Waals surface area contributed by atoms with Gasteiger partial charge >= 0.3 is 0 Å². The maximum atomic E-state index is 11.7. The lowest BCUT2D eigenvalue weighted by molar-refractivity contribution is -0.0161. The van der Waals surface area contributed by atoms with Gasteiger partial charge in [0.15, 0.2) is 16.6 Å². The molecule has 2 N–H and O–H groups in total. The fraction of sp³-hybridized carbons (Fsp3) is 0.926. The number of rotatable bonds is 13. The van der Waals surface area contributed by atoms with Crippen LogP contribution in [0.15, 0.2) is 12.7 Å². The van der Waals surface area contributed by atoms with Crippen molar-refractivity contribution in [2.24, 2.45) is 23.7 Å². The normalized spacial score (nSPS) is 26.5. The molecule has 1 heterocycles. The van der Waals surface area contributed by atoms with Crippen molar-refractivity contribution in [3.05, 3.63) is 12.7 Å². The summed E-state index contributed by atoms with van der Waals surface area (Å²) in [7, 11) is -3.96. The van der Waals surface area contributed by atoms with Gasteiger partial charge in [-0.2, -0.15) is 0 Å². The van der Waals surface area contributed by atoms with E-state index in [1.165, 1.54) is 0 Å². The number of aliphatic hydroxyl groups excluding tert-OH is 2. The molecule has 0 aromatic heterocycles. The first kappa shape index (κ1) is 32.0. The van der Waals surface area contributed by atoms with Crippen molar-refractivity contribution in [1.29, 1.82) is 0 Å². The standard InChI is InChI=1S/C27H56O5Si2/c1-15-21(17-30-33(11,12)25(4,5)6)23(29)22(18-31-34(13,14)26(7,8)9)20(3)27(10)24(32-27)19(2)16-28/h15,19-24,28-29H,1,16-18H2,2-14H3/t19-,20-,21-,22+,23+,24+,27+/m0/s1. The molecule has 0 amide bonds. The summed E-state index contributed by atoms with van der Waals surface area (Å²) in [6, 6.07) is 0. The molecule has 5 nitrogen and oxygen atoms in total. The Bertz CT molecular complexity index is 667. The third-order valence-electron chi connectivity index (χ3n) is 9.31. The Labute approximate surface area is 212 Å². The molecular weight excluding hydrogens is 460 g/mol. The van der Waals surface area contributed by atoms with Crippen molar-refractivity contribution in [3.8, 4) is 0 Å². The van der Waals surface area contributed by atoms with Crippen LogP contribution < -0.4 is 0 Å². The molecule has 7 heteroatoms. The molecule has 0 aromatic carbocycles. The van der Waals surface area contributed by atoms with E-state index < -0.39 is 28.3 Å². The molecule has 1 saturated heterocycles. The number of ether oxygens (including phenoxy) is 1. The van der Waals surface area contributed by atoms with Crippen molar-refractivity contribution < 1.29 is 23.8 Å². The third kappa shape index (κ3) is 7.27. The maximum Gasteiger partial charge on any atom is 0.192 e. The lowest BCUT2D eigenvalue weighted by Crippen LogP contribution is -2.48. The lowest BCUT2D eigenvalue weighted by atomic mass is 9.75. The van der Waals surface area contributed by atoms with E-state index in [1.807, 2.05) is 13.0 Å². The minimum absolute atomic E-state index is 0.0132. The molecule has 1 rings (SSSR count). The Morgan fingerprint density at radius 1 is 0.971 bits per heavy atom. The molecule has 0 spiro atoms. The van der Waals surface area contributed by atoms with Gasteiger partial charge in [-0.15, -0.1) is 6.58 Å². The topological polar surface area (TPSA) is 71.5 Å². The smallest absolute Gasteiger partial charge is 0.192 e. The molecule has 0 aliphatic carbocycles. The number of hydrogen-bond acceptors (Lipinski definition) is 5. The highest BCUT2D eigenvalue weighted by Gasteiger charge is 2.60. The molecule has 34 heavy (non-hydrogen) atoms. The summed E-state index contributed by atoms with van der Waals surface area (Å²) >= 11 is 0.